The van der Waals surface area contributed by atoms with Crippen LogP contribution in [0.25, 0.3) is 0 Å². The second-order valence-electron chi connectivity index (χ2n) is 3.37. The number of aliphatic hydroxyl groups is 2. The Hall–Kier alpha value is -0.690. The molecule has 1 fully saturated rings. The molecule has 0 saturated carbocycles. The molecule has 1 aliphatic rings. The smallest absolute Gasteiger partial charge is 0.158 e. The first-order chi connectivity index (χ1) is 7.24. The van der Waals surface area contributed by atoms with E-state index in [-0.39, 0.29) is 6.61 Å². The van der Waals surface area contributed by atoms with Crippen molar-refractivity contribution in [3.63, 3.8) is 0 Å². The Morgan fingerprint density at radius 2 is 2.07 bits per heavy atom. The molecule has 1 unspecified atom stereocenters. The molecule has 1 aromatic heterocycles. The van der Waals surface area contributed by atoms with Crippen LogP contribution in [-0.4, -0.2) is 44.2 Å². The average molecular weight is 228 g/mol. The lowest BCUT2D eigenvalue weighted by Crippen LogP contribution is -2.29. The molecule has 1 saturated heterocycles. The molecule has 0 aliphatic carbocycles. The molecule has 0 spiro atoms. The fraction of sp³-hybridized carbons (Fsp3) is 0.556. The van der Waals surface area contributed by atoms with E-state index in [1.165, 1.54) is 0 Å². The zero-order valence-electron chi connectivity index (χ0n) is 7.89. The maximum Gasteiger partial charge on any atom is 0.158 e. The molecule has 15 heavy (non-hydrogen) atoms. The van der Waals surface area contributed by atoms with E-state index in [4.69, 9.17) is 9.84 Å². The van der Waals surface area contributed by atoms with Crippen LogP contribution in [-0.2, 0) is 4.74 Å². The van der Waals surface area contributed by atoms with Gasteiger partial charge in [0, 0.05) is 12.4 Å². The van der Waals surface area contributed by atoms with Gasteiger partial charge in [0.15, 0.2) is 5.82 Å². The van der Waals surface area contributed by atoms with Gasteiger partial charge in [-0.3, -0.25) is 0 Å². The first-order valence-electron chi connectivity index (χ1n) is 4.63. The van der Waals surface area contributed by atoms with Crippen LogP contribution in [0.5, 0.6) is 0 Å². The Kier molecular flexibility index (Phi) is 3.20. The van der Waals surface area contributed by atoms with Gasteiger partial charge in [0.2, 0.25) is 0 Å². The molecule has 2 rings (SSSR count). The molecule has 0 radical (unpaired) electrons. The number of aliphatic hydroxyl groups excluding tert-OH is 2. The summed E-state index contributed by atoms with van der Waals surface area (Å²) in [5.74, 6) is 0.479. The molecule has 0 aromatic carbocycles. The van der Waals surface area contributed by atoms with Gasteiger partial charge < -0.3 is 14.9 Å². The third-order valence-electron chi connectivity index (χ3n) is 2.38. The van der Waals surface area contributed by atoms with Crippen molar-refractivity contribution >= 4 is 12.6 Å². The topological polar surface area (TPSA) is 75.5 Å². The average Bonchev–Trinajstić information content (AvgIpc) is 2.57. The third kappa shape index (κ3) is 1.98. The number of nitrogens with zero attached hydrogens (tertiary/aromatic N) is 2. The number of hydrogen-bond acceptors (Lipinski definition) is 6. The standard InChI is InChI=1S/C9H12N2O3S/c12-4-5-6(13)8(15)7(14-5)9-10-2-1-3-11-9/h1-3,5-8,12-13,15H,4H2/t5-,6+,7?,8-/m1/s1. The lowest BCUT2D eigenvalue weighted by atomic mass is 10.1. The normalized spacial score (nSPS) is 35.7. The summed E-state index contributed by atoms with van der Waals surface area (Å²) in [5.41, 5.74) is 0. The largest absolute Gasteiger partial charge is 0.394 e. The molecule has 0 amide bonds. The highest BCUT2D eigenvalue weighted by atomic mass is 32.1. The van der Waals surface area contributed by atoms with Crippen molar-refractivity contribution < 1.29 is 14.9 Å². The van der Waals surface area contributed by atoms with E-state index < -0.39 is 23.6 Å². The summed E-state index contributed by atoms with van der Waals surface area (Å²) >= 11 is 4.24. The summed E-state index contributed by atoms with van der Waals surface area (Å²) in [5, 5.41) is 18.2. The zero-order valence-corrected chi connectivity index (χ0v) is 8.79. The molecule has 0 bridgehead atoms. The van der Waals surface area contributed by atoms with Crippen molar-refractivity contribution in [2.75, 3.05) is 6.61 Å². The van der Waals surface area contributed by atoms with Crippen molar-refractivity contribution in [1.82, 2.24) is 9.97 Å². The Labute approximate surface area is 92.5 Å². The number of rotatable bonds is 2. The molecule has 1 aromatic rings. The Morgan fingerprint density at radius 1 is 1.40 bits per heavy atom. The highest BCUT2D eigenvalue weighted by molar-refractivity contribution is 7.81. The molecule has 2 N–H and O–H groups in total. The minimum absolute atomic E-state index is 0.235. The highest BCUT2D eigenvalue weighted by Crippen LogP contribution is 2.34. The Morgan fingerprint density at radius 3 is 2.60 bits per heavy atom. The van der Waals surface area contributed by atoms with Crippen molar-refractivity contribution in [2.24, 2.45) is 0 Å². The summed E-state index contributed by atoms with van der Waals surface area (Å²) in [4.78, 5) is 8.07. The molecule has 1 aliphatic heterocycles. The van der Waals surface area contributed by atoms with E-state index in [0.717, 1.165) is 0 Å². The van der Waals surface area contributed by atoms with E-state index in [1.54, 1.807) is 18.5 Å². The van der Waals surface area contributed by atoms with Crippen molar-refractivity contribution in [3.05, 3.63) is 24.3 Å². The van der Waals surface area contributed by atoms with Crippen LogP contribution >= 0.6 is 12.6 Å². The minimum Gasteiger partial charge on any atom is -0.394 e. The lowest BCUT2D eigenvalue weighted by Gasteiger charge is -2.12. The molecule has 5 nitrogen and oxygen atoms in total. The highest BCUT2D eigenvalue weighted by Gasteiger charge is 2.43. The molecular weight excluding hydrogens is 216 g/mol. The quantitative estimate of drug-likeness (QED) is 0.599. The third-order valence-corrected chi connectivity index (χ3v) is 2.96. The van der Waals surface area contributed by atoms with Crippen LogP contribution in [0.3, 0.4) is 0 Å². The van der Waals surface area contributed by atoms with Gasteiger partial charge in [-0.05, 0) is 6.07 Å². The van der Waals surface area contributed by atoms with Crippen LogP contribution in [0.15, 0.2) is 18.5 Å². The minimum atomic E-state index is -0.799. The van der Waals surface area contributed by atoms with Gasteiger partial charge in [0.25, 0.3) is 0 Å². The van der Waals surface area contributed by atoms with Gasteiger partial charge in [-0.25, -0.2) is 9.97 Å². The molecule has 82 valence electrons. The van der Waals surface area contributed by atoms with E-state index >= 15 is 0 Å². The van der Waals surface area contributed by atoms with Crippen LogP contribution < -0.4 is 0 Å². The predicted molar refractivity (Wildman–Crippen MR) is 55.5 cm³/mol. The zero-order chi connectivity index (χ0) is 10.8. The summed E-state index contributed by atoms with van der Waals surface area (Å²) in [6.07, 6.45) is 1.32. The van der Waals surface area contributed by atoms with Crippen LogP contribution in [0.4, 0.5) is 0 Å². The second-order valence-corrected chi connectivity index (χ2v) is 3.96. The van der Waals surface area contributed by atoms with E-state index in [0.29, 0.717) is 5.82 Å². The molecular formula is C9H12N2O3S. The van der Waals surface area contributed by atoms with Gasteiger partial charge in [-0.1, -0.05) is 0 Å². The van der Waals surface area contributed by atoms with Crippen molar-refractivity contribution in [2.45, 2.75) is 23.6 Å². The van der Waals surface area contributed by atoms with Gasteiger partial charge in [0.05, 0.1) is 18.0 Å². The predicted octanol–water partition coefficient (Wildman–Crippen LogP) is -0.432. The van der Waals surface area contributed by atoms with Gasteiger partial charge >= 0.3 is 0 Å². The summed E-state index contributed by atoms with van der Waals surface area (Å²) < 4.78 is 5.42. The first-order valence-corrected chi connectivity index (χ1v) is 5.15. The maximum absolute atomic E-state index is 9.67. The molecule has 4 atom stereocenters. The first kappa shape index (κ1) is 10.8. The Bertz CT molecular complexity index is 324. The number of thiol groups is 1. The SMILES string of the molecule is OC[C@H]1OC(c2ncccn2)[C@H](S)[C@H]1O. The van der Waals surface area contributed by atoms with Crippen molar-refractivity contribution in [3.8, 4) is 0 Å². The number of ether oxygens (including phenoxy) is 1. The number of aromatic nitrogens is 2. The summed E-state index contributed by atoms with van der Waals surface area (Å²) in [6, 6.07) is 1.70. The van der Waals surface area contributed by atoms with Gasteiger partial charge in [-0.15, -0.1) is 0 Å². The van der Waals surface area contributed by atoms with Gasteiger partial charge in [-0.2, -0.15) is 12.6 Å². The molecule has 2 heterocycles. The molecule has 6 heteroatoms. The van der Waals surface area contributed by atoms with Crippen LogP contribution in [0.1, 0.15) is 11.9 Å². The summed E-state index contributed by atoms with van der Waals surface area (Å²) in [6.45, 7) is -0.235. The monoisotopic (exact) mass is 228 g/mol. The second kappa shape index (κ2) is 4.44. The van der Waals surface area contributed by atoms with Crippen LogP contribution in [0, 0.1) is 0 Å². The van der Waals surface area contributed by atoms with Crippen LogP contribution in [0.2, 0.25) is 0 Å². The lowest BCUT2D eigenvalue weighted by molar-refractivity contribution is -0.0247. The Balaban J connectivity index is 2.19. The number of hydrogen-bond donors (Lipinski definition) is 3. The van der Waals surface area contributed by atoms with E-state index in [1.807, 2.05) is 0 Å². The maximum atomic E-state index is 9.67. The van der Waals surface area contributed by atoms with E-state index in [9.17, 15) is 5.11 Å². The van der Waals surface area contributed by atoms with Gasteiger partial charge in [0.1, 0.15) is 12.2 Å². The fourth-order valence-corrected chi connectivity index (χ4v) is 1.97. The van der Waals surface area contributed by atoms with E-state index in [2.05, 4.69) is 22.6 Å². The van der Waals surface area contributed by atoms with Crippen molar-refractivity contribution in [1.29, 1.82) is 0 Å². The summed E-state index contributed by atoms with van der Waals surface area (Å²) in [7, 11) is 0. The fourth-order valence-electron chi connectivity index (χ4n) is 1.57.